The lowest BCUT2D eigenvalue weighted by atomic mass is 10.3. The lowest BCUT2D eigenvalue weighted by Crippen LogP contribution is -2.44. The van der Waals surface area contributed by atoms with E-state index in [-0.39, 0.29) is 10.7 Å². The van der Waals surface area contributed by atoms with Crippen molar-refractivity contribution in [3.05, 3.63) is 0 Å². The number of halogens is 1. The Kier molecular flexibility index (Phi) is 4.10. The largest absolute Gasteiger partial charge is 0.368 e. The lowest BCUT2D eigenvalue weighted by Gasteiger charge is -2.10. The van der Waals surface area contributed by atoms with Crippen LogP contribution in [0.5, 0.6) is 0 Å². The Morgan fingerprint density at radius 3 is 2.18 bits per heavy atom. The average Bonchev–Trinajstić information content (AvgIpc) is 1.87. The molecule has 2 atom stereocenters. The number of hydrogen-bond donors (Lipinski definition) is 2. The molecule has 0 aromatic carbocycles. The minimum Gasteiger partial charge on any atom is -0.368 e. The molecule has 0 aliphatic rings. The van der Waals surface area contributed by atoms with Gasteiger partial charge in [0.05, 0.1) is 4.83 Å². The number of carbonyl (C=O) groups is 2. The van der Waals surface area contributed by atoms with Crippen molar-refractivity contribution in [1.82, 2.24) is 5.32 Å². The first kappa shape index (κ1) is 10.4. The molecule has 4 nitrogen and oxygen atoms in total. The molecule has 0 spiro atoms. The number of rotatable bonds is 3. The van der Waals surface area contributed by atoms with Crippen molar-refractivity contribution in [3.63, 3.8) is 0 Å². The summed E-state index contributed by atoms with van der Waals surface area (Å²) in [4.78, 5) is 21.0. The summed E-state index contributed by atoms with van der Waals surface area (Å²) >= 11 is 3.05. The molecule has 0 radical (unpaired) electrons. The molecular formula is C6H11BrN2O2. The molecule has 0 aromatic heterocycles. The van der Waals surface area contributed by atoms with Gasteiger partial charge in [0.15, 0.2) is 0 Å². The summed E-state index contributed by atoms with van der Waals surface area (Å²) in [6, 6.07) is -0.609. The third-order valence-corrected chi connectivity index (χ3v) is 1.56. The van der Waals surface area contributed by atoms with Gasteiger partial charge >= 0.3 is 0 Å². The fourth-order valence-electron chi connectivity index (χ4n) is 0.399. The highest BCUT2D eigenvalue weighted by molar-refractivity contribution is 9.10. The Bertz CT molecular complexity index is 170. The van der Waals surface area contributed by atoms with Crippen LogP contribution < -0.4 is 11.1 Å². The van der Waals surface area contributed by atoms with Crippen molar-refractivity contribution in [1.29, 1.82) is 0 Å². The van der Waals surface area contributed by atoms with Crippen LogP contribution >= 0.6 is 15.9 Å². The van der Waals surface area contributed by atoms with Crippen LogP contribution in [-0.4, -0.2) is 22.7 Å². The van der Waals surface area contributed by atoms with Gasteiger partial charge in [-0.25, -0.2) is 0 Å². The summed E-state index contributed by atoms with van der Waals surface area (Å²) < 4.78 is 0. The van der Waals surface area contributed by atoms with E-state index in [2.05, 4.69) is 21.2 Å². The topological polar surface area (TPSA) is 72.2 Å². The van der Waals surface area contributed by atoms with Crippen molar-refractivity contribution < 1.29 is 9.59 Å². The third kappa shape index (κ3) is 3.98. The van der Waals surface area contributed by atoms with E-state index in [1.54, 1.807) is 6.92 Å². The van der Waals surface area contributed by atoms with Crippen molar-refractivity contribution in [2.75, 3.05) is 0 Å². The SMILES string of the molecule is CC(Br)C(=O)N[C@H](C)C(N)=O. The Labute approximate surface area is 73.6 Å². The maximum atomic E-state index is 10.9. The standard InChI is InChI=1S/C6H11BrN2O2/c1-3(7)6(11)9-4(2)5(8)10/h3-4H,1-2H3,(H2,8,10)(H,9,11)/t3?,4-/m1/s1. The molecule has 0 heterocycles. The Morgan fingerprint density at radius 1 is 1.45 bits per heavy atom. The van der Waals surface area contributed by atoms with Crippen LogP contribution in [0.3, 0.4) is 0 Å². The minimum atomic E-state index is -0.609. The van der Waals surface area contributed by atoms with Crippen LogP contribution in [0.15, 0.2) is 0 Å². The zero-order chi connectivity index (χ0) is 9.02. The first-order valence-electron chi connectivity index (χ1n) is 3.19. The average molecular weight is 223 g/mol. The molecule has 0 fully saturated rings. The van der Waals surface area contributed by atoms with Crippen molar-refractivity contribution in [3.8, 4) is 0 Å². The first-order valence-corrected chi connectivity index (χ1v) is 4.10. The zero-order valence-electron chi connectivity index (χ0n) is 6.43. The molecule has 0 aliphatic heterocycles. The van der Waals surface area contributed by atoms with Gasteiger partial charge < -0.3 is 11.1 Å². The van der Waals surface area contributed by atoms with Crippen molar-refractivity contribution in [2.45, 2.75) is 24.7 Å². The van der Waals surface area contributed by atoms with E-state index in [9.17, 15) is 9.59 Å². The highest BCUT2D eigenvalue weighted by atomic mass is 79.9. The number of nitrogens with two attached hydrogens (primary N) is 1. The van der Waals surface area contributed by atoms with E-state index in [1.165, 1.54) is 6.92 Å². The van der Waals surface area contributed by atoms with Gasteiger partial charge in [0.25, 0.3) is 0 Å². The summed E-state index contributed by atoms with van der Waals surface area (Å²) in [5.41, 5.74) is 4.92. The summed E-state index contributed by atoms with van der Waals surface area (Å²) in [7, 11) is 0. The summed E-state index contributed by atoms with van der Waals surface area (Å²) in [6.07, 6.45) is 0. The van der Waals surface area contributed by atoms with E-state index >= 15 is 0 Å². The lowest BCUT2D eigenvalue weighted by molar-refractivity contribution is -0.126. The van der Waals surface area contributed by atoms with E-state index in [0.29, 0.717) is 0 Å². The molecule has 3 N–H and O–H groups in total. The molecule has 11 heavy (non-hydrogen) atoms. The minimum absolute atomic E-state index is 0.240. The second kappa shape index (κ2) is 4.33. The number of amides is 2. The molecule has 64 valence electrons. The van der Waals surface area contributed by atoms with Crippen molar-refractivity contribution in [2.24, 2.45) is 5.73 Å². The number of carbonyl (C=O) groups excluding carboxylic acids is 2. The smallest absolute Gasteiger partial charge is 0.239 e. The Balaban J connectivity index is 3.85. The van der Waals surface area contributed by atoms with Crippen LogP contribution in [0.4, 0.5) is 0 Å². The number of hydrogen-bond acceptors (Lipinski definition) is 2. The monoisotopic (exact) mass is 222 g/mol. The molecule has 0 rings (SSSR count). The Morgan fingerprint density at radius 2 is 1.91 bits per heavy atom. The molecule has 0 saturated heterocycles. The summed E-state index contributed by atoms with van der Waals surface area (Å²) in [5.74, 6) is -0.775. The number of nitrogens with one attached hydrogen (secondary N) is 1. The highest BCUT2D eigenvalue weighted by Gasteiger charge is 2.14. The maximum Gasteiger partial charge on any atom is 0.239 e. The van der Waals surface area contributed by atoms with Gasteiger partial charge in [0, 0.05) is 0 Å². The predicted molar refractivity (Wildman–Crippen MR) is 45.2 cm³/mol. The van der Waals surface area contributed by atoms with Crippen LogP contribution in [0.2, 0.25) is 0 Å². The van der Waals surface area contributed by atoms with E-state index < -0.39 is 11.9 Å². The zero-order valence-corrected chi connectivity index (χ0v) is 8.01. The molecule has 0 aromatic rings. The first-order chi connectivity index (χ1) is 4.95. The fraction of sp³-hybridized carbons (Fsp3) is 0.667. The van der Waals surface area contributed by atoms with Crippen LogP contribution in [0.25, 0.3) is 0 Å². The van der Waals surface area contributed by atoms with Crippen LogP contribution in [0, 0.1) is 0 Å². The maximum absolute atomic E-state index is 10.9. The molecule has 0 bridgehead atoms. The molecule has 0 saturated carbocycles. The van der Waals surface area contributed by atoms with Crippen LogP contribution in [-0.2, 0) is 9.59 Å². The fourth-order valence-corrected chi connectivity index (χ4v) is 0.532. The van der Waals surface area contributed by atoms with Gasteiger partial charge in [-0.05, 0) is 13.8 Å². The third-order valence-electron chi connectivity index (χ3n) is 1.15. The number of alkyl halides is 1. The number of primary amides is 1. The summed E-state index contributed by atoms with van der Waals surface area (Å²) in [6.45, 7) is 3.21. The Hall–Kier alpha value is -0.580. The second-order valence-corrected chi connectivity index (χ2v) is 3.62. The second-order valence-electron chi connectivity index (χ2n) is 2.25. The summed E-state index contributed by atoms with van der Waals surface area (Å²) in [5, 5.41) is 2.42. The van der Waals surface area contributed by atoms with E-state index in [1.807, 2.05) is 0 Å². The van der Waals surface area contributed by atoms with Gasteiger partial charge in [-0.1, -0.05) is 15.9 Å². The molecule has 2 amide bonds. The van der Waals surface area contributed by atoms with Gasteiger partial charge in [-0.2, -0.15) is 0 Å². The van der Waals surface area contributed by atoms with Crippen molar-refractivity contribution >= 4 is 27.7 Å². The van der Waals surface area contributed by atoms with Gasteiger partial charge in [0.1, 0.15) is 6.04 Å². The van der Waals surface area contributed by atoms with Gasteiger partial charge in [0.2, 0.25) is 11.8 Å². The van der Waals surface area contributed by atoms with Gasteiger partial charge in [-0.3, -0.25) is 9.59 Å². The molecule has 1 unspecified atom stereocenters. The van der Waals surface area contributed by atoms with E-state index in [0.717, 1.165) is 0 Å². The van der Waals surface area contributed by atoms with Crippen LogP contribution in [0.1, 0.15) is 13.8 Å². The quantitative estimate of drug-likeness (QED) is 0.648. The predicted octanol–water partition coefficient (Wildman–Crippen LogP) is -0.240. The molecule has 0 aliphatic carbocycles. The molecular weight excluding hydrogens is 212 g/mol. The van der Waals surface area contributed by atoms with E-state index in [4.69, 9.17) is 5.73 Å². The molecule has 5 heteroatoms. The van der Waals surface area contributed by atoms with Gasteiger partial charge in [-0.15, -0.1) is 0 Å². The normalized spacial score (nSPS) is 15.2. The highest BCUT2D eigenvalue weighted by Crippen LogP contribution is 1.96.